The van der Waals surface area contributed by atoms with Crippen LogP contribution in [0.2, 0.25) is 0 Å². The molecule has 0 bridgehead atoms. The van der Waals surface area contributed by atoms with Crippen molar-refractivity contribution in [2.75, 3.05) is 26.2 Å². The van der Waals surface area contributed by atoms with E-state index in [-0.39, 0.29) is 23.8 Å². The molecule has 18 heavy (non-hydrogen) atoms. The van der Waals surface area contributed by atoms with Crippen LogP contribution >= 0.6 is 0 Å². The molecule has 1 atom stereocenters. The van der Waals surface area contributed by atoms with Gasteiger partial charge in [-0.15, -0.1) is 0 Å². The summed E-state index contributed by atoms with van der Waals surface area (Å²) in [6, 6.07) is 0. The Balaban J connectivity index is 2.35. The van der Waals surface area contributed by atoms with Crippen molar-refractivity contribution >= 4 is 5.91 Å². The van der Waals surface area contributed by atoms with Gasteiger partial charge in [0.05, 0.1) is 6.61 Å². The monoisotopic (exact) mass is 256 g/mol. The summed E-state index contributed by atoms with van der Waals surface area (Å²) in [7, 11) is 0. The van der Waals surface area contributed by atoms with Gasteiger partial charge in [0.1, 0.15) is 0 Å². The maximum atomic E-state index is 11.9. The standard InChI is InChI=1S/C14H28N2O2/c1-3-15-9-12(2)13(18)16-10-14(11-17)7-5-4-6-8-14/h12,15,17H,3-11H2,1-2H3,(H,16,18). The van der Waals surface area contributed by atoms with Gasteiger partial charge in [0.25, 0.3) is 0 Å². The molecule has 1 fully saturated rings. The van der Waals surface area contributed by atoms with Gasteiger partial charge in [-0.3, -0.25) is 4.79 Å². The van der Waals surface area contributed by atoms with Crippen LogP contribution in [0.5, 0.6) is 0 Å². The maximum Gasteiger partial charge on any atom is 0.224 e. The average molecular weight is 256 g/mol. The Morgan fingerprint density at radius 3 is 2.56 bits per heavy atom. The molecule has 0 aromatic rings. The highest BCUT2D eigenvalue weighted by molar-refractivity contribution is 5.78. The highest BCUT2D eigenvalue weighted by atomic mass is 16.3. The third kappa shape index (κ3) is 4.58. The Labute approximate surface area is 111 Å². The number of hydrogen-bond acceptors (Lipinski definition) is 3. The van der Waals surface area contributed by atoms with Crippen LogP contribution in [-0.4, -0.2) is 37.3 Å². The van der Waals surface area contributed by atoms with Crippen molar-refractivity contribution in [2.45, 2.75) is 46.0 Å². The summed E-state index contributed by atoms with van der Waals surface area (Å²) in [5.74, 6) is 0.0821. The Kier molecular flexibility index (Phi) is 6.65. The Morgan fingerprint density at radius 2 is 2.00 bits per heavy atom. The van der Waals surface area contributed by atoms with Crippen molar-refractivity contribution in [3.8, 4) is 0 Å². The normalized spacial score (nSPS) is 20.4. The van der Waals surface area contributed by atoms with Gasteiger partial charge in [-0.05, 0) is 19.4 Å². The van der Waals surface area contributed by atoms with Crippen LogP contribution < -0.4 is 10.6 Å². The zero-order valence-electron chi connectivity index (χ0n) is 11.8. The van der Waals surface area contributed by atoms with Crippen molar-refractivity contribution in [1.29, 1.82) is 0 Å². The maximum absolute atomic E-state index is 11.9. The molecule has 0 saturated heterocycles. The fraction of sp³-hybridized carbons (Fsp3) is 0.929. The Hall–Kier alpha value is -0.610. The predicted molar refractivity (Wildman–Crippen MR) is 73.3 cm³/mol. The average Bonchev–Trinajstić information content (AvgIpc) is 2.43. The second kappa shape index (κ2) is 7.74. The van der Waals surface area contributed by atoms with E-state index in [1.807, 2.05) is 13.8 Å². The minimum atomic E-state index is -0.0637. The van der Waals surface area contributed by atoms with E-state index < -0.39 is 0 Å². The van der Waals surface area contributed by atoms with Crippen molar-refractivity contribution in [2.24, 2.45) is 11.3 Å². The molecule has 4 heteroatoms. The smallest absolute Gasteiger partial charge is 0.224 e. The quantitative estimate of drug-likeness (QED) is 0.643. The molecule has 0 aromatic heterocycles. The van der Waals surface area contributed by atoms with E-state index in [0.717, 1.165) is 19.4 Å². The Bertz CT molecular complexity index is 250. The van der Waals surface area contributed by atoms with Crippen LogP contribution in [0.3, 0.4) is 0 Å². The summed E-state index contributed by atoms with van der Waals surface area (Å²) in [4.78, 5) is 11.9. The molecule has 3 N–H and O–H groups in total. The zero-order chi connectivity index (χ0) is 13.4. The van der Waals surface area contributed by atoms with Gasteiger partial charge in [0, 0.05) is 24.4 Å². The number of rotatable bonds is 7. The van der Waals surface area contributed by atoms with Gasteiger partial charge in [0.2, 0.25) is 5.91 Å². The van der Waals surface area contributed by atoms with Crippen LogP contribution in [0.4, 0.5) is 0 Å². The van der Waals surface area contributed by atoms with E-state index >= 15 is 0 Å². The highest BCUT2D eigenvalue weighted by Gasteiger charge is 2.32. The first-order valence-corrected chi connectivity index (χ1v) is 7.23. The van der Waals surface area contributed by atoms with Gasteiger partial charge in [-0.2, -0.15) is 0 Å². The summed E-state index contributed by atoms with van der Waals surface area (Å²) in [5.41, 5.74) is -0.0637. The minimum Gasteiger partial charge on any atom is -0.396 e. The number of aliphatic hydroxyl groups is 1. The summed E-state index contributed by atoms with van der Waals surface area (Å²) in [6.07, 6.45) is 5.66. The van der Waals surface area contributed by atoms with E-state index in [0.29, 0.717) is 13.1 Å². The predicted octanol–water partition coefficient (Wildman–Crippen LogP) is 1.29. The van der Waals surface area contributed by atoms with Crippen LogP contribution in [0.1, 0.15) is 46.0 Å². The van der Waals surface area contributed by atoms with E-state index in [4.69, 9.17) is 0 Å². The molecule has 0 radical (unpaired) electrons. The fourth-order valence-corrected chi connectivity index (χ4v) is 2.59. The van der Waals surface area contributed by atoms with Gasteiger partial charge in [-0.25, -0.2) is 0 Å². The molecule has 1 saturated carbocycles. The van der Waals surface area contributed by atoms with Crippen molar-refractivity contribution < 1.29 is 9.90 Å². The minimum absolute atomic E-state index is 0.00992. The third-order valence-corrected chi connectivity index (χ3v) is 4.04. The molecular weight excluding hydrogens is 228 g/mol. The summed E-state index contributed by atoms with van der Waals surface area (Å²) < 4.78 is 0. The van der Waals surface area contributed by atoms with Crippen molar-refractivity contribution in [3.05, 3.63) is 0 Å². The summed E-state index contributed by atoms with van der Waals surface area (Å²) in [5, 5.41) is 15.8. The molecule has 1 rings (SSSR count). The van der Waals surface area contributed by atoms with Gasteiger partial charge >= 0.3 is 0 Å². The number of carbonyl (C=O) groups excluding carboxylic acids is 1. The summed E-state index contributed by atoms with van der Waals surface area (Å²) in [6.45, 7) is 6.39. The molecular formula is C14H28N2O2. The Morgan fingerprint density at radius 1 is 1.33 bits per heavy atom. The molecule has 1 amide bonds. The van der Waals surface area contributed by atoms with Gasteiger partial charge < -0.3 is 15.7 Å². The molecule has 1 unspecified atom stereocenters. The topological polar surface area (TPSA) is 61.4 Å². The van der Waals surface area contributed by atoms with Crippen molar-refractivity contribution in [3.63, 3.8) is 0 Å². The number of carbonyl (C=O) groups is 1. The summed E-state index contributed by atoms with van der Waals surface area (Å²) >= 11 is 0. The highest BCUT2D eigenvalue weighted by Crippen LogP contribution is 2.35. The van der Waals surface area contributed by atoms with Crippen LogP contribution in [-0.2, 0) is 4.79 Å². The third-order valence-electron chi connectivity index (χ3n) is 4.04. The first-order chi connectivity index (χ1) is 8.63. The lowest BCUT2D eigenvalue weighted by atomic mass is 9.74. The molecule has 0 aliphatic heterocycles. The van der Waals surface area contributed by atoms with Gasteiger partial charge in [-0.1, -0.05) is 33.1 Å². The lowest BCUT2D eigenvalue weighted by molar-refractivity contribution is -0.125. The molecule has 0 heterocycles. The SMILES string of the molecule is CCNCC(C)C(=O)NCC1(CO)CCCCC1. The van der Waals surface area contributed by atoms with Crippen LogP contribution in [0.25, 0.3) is 0 Å². The number of nitrogens with one attached hydrogen (secondary N) is 2. The molecule has 106 valence electrons. The van der Waals surface area contributed by atoms with E-state index in [1.165, 1.54) is 19.3 Å². The van der Waals surface area contributed by atoms with E-state index in [9.17, 15) is 9.90 Å². The molecule has 0 spiro atoms. The first-order valence-electron chi connectivity index (χ1n) is 7.23. The van der Waals surface area contributed by atoms with E-state index in [1.54, 1.807) is 0 Å². The number of hydrogen-bond donors (Lipinski definition) is 3. The van der Waals surface area contributed by atoms with Gasteiger partial charge in [0.15, 0.2) is 0 Å². The molecule has 0 aromatic carbocycles. The number of amides is 1. The van der Waals surface area contributed by atoms with Crippen LogP contribution in [0, 0.1) is 11.3 Å². The van der Waals surface area contributed by atoms with E-state index in [2.05, 4.69) is 10.6 Å². The molecule has 1 aliphatic carbocycles. The largest absolute Gasteiger partial charge is 0.396 e. The molecule has 4 nitrogen and oxygen atoms in total. The number of aliphatic hydroxyl groups excluding tert-OH is 1. The zero-order valence-corrected chi connectivity index (χ0v) is 11.8. The fourth-order valence-electron chi connectivity index (χ4n) is 2.59. The first kappa shape index (κ1) is 15.4. The second-order valence-electron chi connectivity index (χ2n) is 5.65. The second-order valence-corrected chi connectivity index (χ2v) is 5.65. The van der Waals surface area contributed by atoms with Crippen LogP contribution in [0.15, 0.2) is 0 Å². The molecule has 1 aliphatic rings. The lowest BCUT2D eigenvalue weighted by Crippen LogP contribution is -2.44. The van der Waals surface area contributed by atoms with Crippen molar-refractivity contribution in [1.82, 2.24) is 10.6 Å². The lowest BCUT2D eigenvalue weighted by Gasteiger charge is -2.36.